The van der Waals surface area contributed by atoms with Gasteiger partial charge in [-0.25, -0.2) is 13.8 Å². The number of halogens is 2. The lowest BCUT2D eigenvalue weighted by Gasteiger charge is -2.01. The van der Waals surface area contributed by atoms with Gasteiger partial charge in [0.1, 0.15) is 11.6 Å². The van der Waals surface area contributed by atoms with Crippen LogP contribution >= 0.6 is 11.3 Å². The van der Waals surface area contributed by atoms with Crippen molar-refractivity contribution in [1.29, 1.82) is 0 Å². The van der Waals surface area contributed by atoms with E-state index in [1.807, 2.05) is 6.07 Å². The number of thiazole rings is 1. The molecule has 0 saturated carbocycles. The molecule has 0 saturated heterocycles. The molecular weight excluding hydrogens is 306 g/mol. The topological polar surface area (TPSA) is 42.0 Å². The highest BCUT2D eigenvalue weighted by molar-refractivity contribution is 7.14. The van der Waals surface area contributed by atoms with Crippen LogP contribution in [0.1, 0.15) is 10.4 Å². The fourth-order valence-electron chi connectivity index (χ4n) is 1.91. The van der Waals surface area contributed by atoms with E-state index in [1.165, 1.54) is 23.5 Å². The summed E-state index contributed by atoms with van der Waals surface area (Å²) in [7, 11) is 0. The van der Waals surface area contributed by atoms with Crippen LogP contribution in [0, 0.1) is 11.6 Å². The summed E-state index contributed by atoms with van der Waals surface area (Å²) < 4.78 is 26.6. The first kappa shape index (κ1) is 14.3. The van der Waals surface area contributed by atoms with Crippen molar-refractivity contribution in [1.82, 2.24) is 4.98 Å². The summed E-state index contributed by atoms with van der Waals surface area (Å²) in [5.41, 5.74) is 1.05. The largest absolute Gasteiger partial charge is 0.298 e. The predicted molar refractivity (Wildman–Crippen MR) is 81.9 cm³/mol. The lowest BCUT2D eigenvalue weighted by molar-refractivity contribution is 0.102. The maximum atomic E-state index is 13.7. The summed E-state index contributed by atoms with van der Waals surface area (Å²) in [5.74, 6) is -1.62. The highest BCUT2D eigenvalue weighted by atomic mass is 32.1. The van der Waals surface area contributed by atoms with E-state index in [1.54, 1.807) is 29.6 Å². The number of carbonyl (C=O) groups is 1. The third kappa shape index (κ3) is 3.01. The number of benzene rings is 2. The van der Waals surface area contributed by atoms with Gasteiger partial charge in [-0.05, 0) is 24.3 Å². The molecule has 1 amide bonds. The number of amides is 1. The van der Waals surface area contributed by atoms with Crippen LogP contribution in [0.5, 0.6) is 0 Å². The lowest BCUT2D eigenvalue weighted by Crippen LogP contribution is -2.11. The molecule has 6 heteroatoms. The Kier molecular flexibility index (Phi) is 3.93. The fraction of sp³-hybridized carbons (Fsp3) is 0. The van der Waals surface area contributed by atoms with Crippen molar-refractivity contribution in [3.05, 3.63) is 71.1 Å². The third-order valence-corrected chi connectivity index (χ3v) is 3.73. The molecule has 1 N–H and O–H groups in total. The molecule has 0 atom stereocenters. The second kappa shape index (κ2) is 6.03. The van der Waals surface area contributed by atoms with Gasteiger partial charge in [0.15, 0.2) is 5.13 Å². The van der Waals surface area contributed by atoms with Gasteiger partial charge in [0.2, 0.25) is 0 Å². The van der Waals surface area contributed by atoms with E-state index < -0.39 is 11.6 Å². The van der Waals surface area contributed by atoms with Gasteiger partial charge in [0.25, 0.3) is 5.91 Å². The zero-order valence-electron chi connectivity index (χ0n) is 11.2. The SMILES string of the molecule is O=C(Nc1nc(-c2ccc(F)cc2F)cs1)c1ccccc1. The molecule has 0 aliphatic rings. The van der Waals surface area contributed by atoms with E-state index in [0.717, 1.165) is 6.07 Å². The summed E-state index contributed by atoms with van der Waals surface area (Å²) in [5, 5.41) is 4.61. The minimum absolute atomic E-state index is 0.192. The second-order valence-corrected chi connectivity index (χ2v) is 5.34. The molecule has 3 nitrogen and oxygen atoms in total. The quantitative estimate of drug-likeness (QED) is 0.781. The number of anilines is 1. The van der Waals surface area contributed by atoms with Gasteiger partial charge in [-0.15, -0.1) is 11.3 Å². The smallest absolute Gasteiger partial charge is 0.257 e. The van der Waals surface area contributed by atoms with E-state index >= 15 is 0 Å². The number of nitrogens with zero attached hydrogens (tertiary/aromatic N) is 1. The summed E-state index contributed by atoms with van der Waals surface area (Å²) in [6.07, 6.45) is 0. The van der Waals surface area contributed by atoms with E-state index in [0.29, 0.717) is 16.4 Å². The molecule has 0 aliphatic carbocycles. The highest BCUT2D eigenvalue weighted by Crippen LogP contribution is 2.27. The fourth-order valence-corrected chi connectivity index (χ4v) is 2.62. The molecule has 3 aromatic rings. The van der Waals surface area contributed by atoms with Crippen LogP contribution in [-0.4, -0.2) is 10.9 Å². The number of hydrogen-bond donors (Lipinski definition) is 1. The van der Waals surface area contributed by atoms with E-state index in [2.05, 4.69) is 10.3 Å². The minimum atomic E-state index is -0.689. The van der Waals surface area contributed by atoms with Gasteiger partial charge in [0.05, 0.1) is 5.69 Å². The van der Waals surface area contributed by atoms with Gasteiger partial charge in [-0.3, -0.25) is 10.1 Å². The number of aromatic nitrogens is 1. The Morgan fingerprint density at radius 3 is 2.59 bits per heavy atom. The molecule has 0 fully saturated rings. The van der Waals surface area contributed by atoms with Crippen LogP contribution in [0.15, 0.2) is 53.9 Å². The molecular formula is C16H10F2N2OS. The molecule has 0 aliphatic heterocycles. The van der Waals surface area contributed by atoms with Crippen LogP contribution in [0.4, 0.5) is 13.9 Å². The summed E-state index contributed by atoms with van der Waals surface area (Å²) in [4.78, 5) is 16.2. The van der Waals surface area contributed by atoms with Crippen molar-refractivity contribution in [2.45, 2.75) is 0 Å². The highest BCUT2D eigenvalue weighted by Gasteiger charge is 2.12. The first-order valence-corrected chi connectivity index (χ1v) is 7.29. The van der Waals surface area contributed by atoms with Gasteiger partial charge < -0.3 is 0 Å². The Morgan fingerprint density at radius 2 is 1.86 bits per heavy atom. The van der Waals surface area contributed by atoms with Gasteiger partial charge in [-0.2, -0.15) is 0 Å². The standard InChI is InChI=1S/C16H10F2N2OS/c17-11-6-7-12(13(18)8-11)14-9-22-16(19-14)20-15(21)10-4-2-1-3-5-10/h1-9H,(H,19,20,21). The molecule has 22 heavy (non-hydrogen) atoms. The van der Waals surface area contributed by atoms with Crippen molar-refractivity contribution >= 4 is 22.4 Å². The van der Waals surface area contributed by atoms with E-state index in [4.69, 9.17) is 0 Å². The molecule has 3 rings (SSSR count). The van der Waals surface area contributed by atoms with E-state index in [-0.39, 0.29) is 11.5 Å². The first-order valence-electron chi connectivity index (χ1n) is 6.41. The lowest BCUT2D eigenvalue weighted by atomic mass is 10.1. The number of carbonyl (C=O) groups excluding carboxylic acids is 1. The zero-order valence-corrected chi connectivity index (χ0v) is 12.0. The molecule has 1 heterocycles. The van der Waals surface area contributed by atoms with Crippen LogP contribution in [0.3, 0.4) is 0 Å². The van der Waals surface area contributed by atoms with Crippen molar-refractivity contribution in [3.63, 3.8) is 0 Å². The maximum absolute atomic E-state index is 13.7. The summed E-state index contributed by atoms with van der Waals surface area (Å²) >= 11 is 1.18. The monoisotopic (exact) mass is 316 g/mol. The first-order chi connectivity index (χ1) is 10.6. The summed E-state index contributed by atoms with van der Waals surface area (Å²) in [6, 6.07) is 12.0. The molecule has 1 aromatic heterocycles. The van der Waals surface area contributed by atoms with Gasteiger partial charge in [-0.1, -0.05) is 18.2 Å². The molecule has 110 valence electrons. The number of nitrogens with one attached hydrogen (secondary N) is 1. The van der Waals surface area contributed by atoms with E-state index in [9.17, 15) is 13.6 Å². The van der Waals surface area contributed by atoms with Crippen LogP contribution in [0.25, 0.3) is 11.3 Å². The molecule has 0 bridgehead atoms. The van der Waals surface area contributed by atoms with Crippen molar-refractivity contribution in [2.24, 2.45) is 0 Å². The average Bonchev–Trinajstić information content (AvgIpc) is 2.96. The van der Waals surface area contributed by atoms with Crippen LogP contribution in [0.2, 0.25) is 0 Å². The Bertz CT molecular complexity index is 818. The molecule has 0 radical (unpaired) electrons. The number of rotatable bonds is 3. The van der Waals surface area contributed by atoms with Crippen molar-refractivity contribution in [2.75, 3.05) is 5.32 Å². The van der Waals surface area contributed by atoms with Crippen LogP contribution in [-0.2, 0) is 0 Å². The molecule has 2 aromatic carbocycles. The number of hydrogen-bond acceptors (Lipinski definition) is 3. The normalized spacial score (nSPS) is 10.5. The predicted octanol–water partition coefficient (Wildman–Crippen LogP) is 4.34. The Morgan fingerprint density at radius 1 is 1.09 bits per heavy atom. The molecule has 0 spiro atoms. The van der Waals surface area contributed by atoms with Gasteiger partial charge in [0, 0.05) is 22.6 Å². The zero-order chi connectivity index (χ0) is 15.5. The third-order valence-electron chi connectivity index (χ3n) is 2.97. The molecule has 0 unspecified atom stereocenters. The van der Waals surface area contributed by atoms with Crippen molar-refractivity contribution in [3.8, 4) is 11.3 Å². The van der Waals surface area contributed by atoms with Gasteiger partial charge >= 0.3 is 0 Å². The average molecular weight is 316 g/mol. The Hall–Kier alpha value is -2.60. The van der Waals surface area contributed by atoms with Crippen LogP contribution < -0.4 is 5.32 Å². The Labute approximate surface area is 129 Å². The maximum Gasteiger partial charge on any atom is 0.257 e. The second-order valence-electron chi connectivity index (χ2n) is 4.48. The van der Waals surface area contributed by atoms with Crippen molar-refractivity contribution < 1.29 is 13.6 Å². The summed E-state index contributed by atoms with van der Waals surface area (Å²) in [6.45, 7) is 0. The Balaban J connectivity index is 1.81. The minimum Gasteiger partial charge on any atom is -0.298 e.